The fourth-order valence-corrected chi connectivity index (χ4v) is 4.31. The lowest BCUT2D eigenvalue weighted by atomic mass is 10.1. The number of carbonyl (C=O) groups is 2. The van der Waals surface area contributed by atoms with Gasteiger partial charge in [-0.2, -0.15) is 0 Å². The van der Waals surface area contributed by atoms with Crippen LogP contribution < -0.4 is 15.5 Å². The Morgan fingerprint density at radius 3 is 2.37 bits per heavy atom. The number of piperazine rings is 1. The molecule has 1 fully saturated rings. The van der Waals surface area contributed by atoms with Gasteiger partial charge in [-0.15, -0.1) is 11.8 Å². The molecule has 0 aromatic heterocycles. The number of likely N-dealkylation sites (N-methyl/N-ethyl adjacent to an activating group) is 1. The average Bonchev–Trinajstić information content (AvgIpc) is 2.74. The minimum atomic E-state index is -0.215. The van der Waals surface area contributed by atoms with Crippen LogP contribution in [0.4, 0.5) is 11.4 Å². The number of para-hydroxylation sites is 1. The first kappa shape index (κ1) is 22.2. The second kappa shape index (κ2) is 10.5. The van der Waals surface area contributed by atoms with Gasteiger partial charge >= 0.3 is 0 Å². The van der Waals surface area contributed by atoms with Gasteiger partial charge in [0.2, 0.25) is 11.8 Å². The number of nitrogens with zero attached hydrogens (tertiary/aromatic N) is 2. The Morgan fingerprint density at radius 1 is 1.03 bits per heavy atom. The molecule has 0 saturated carbocycles. The normalized spacial score (nSPS) is 15.5. The van der Waals surface area contributed by atoms with Crippen LogP contribution in [0.5, 0.6) is 0 Å². The summed E-state index contributed by atoms with van der Waals surface area (Å²) in [5.74, 6) is -0.0841. The number of thioether (sulfide) groups is 1. The molecule has 0 aliphatic carbocycles. The molecule has 1 saturated heterocycles. The molecule has 2 N–H and O–H groups in total. The van der Waals surface area contributed by atoms with Crippen LogP contribution in [0.2, 0.25) is 0 Å². The van der Waals surface area contributed by atoms with Crippen molar-refractivity contribution in [2.75, 3.05) is 43.4 Å². The summed E-state index contributed by atoms with van der Waals surface area (Å²) in [6.07, 6.45) is 0. The largest absolute Gasteiger partial charge is 0.369 e. The number of hydrogen-bond donors (Lipinski definition) is 2. The summed E-state index contributed by atoms with van der Waals surface area (Å²) in [5, 5.41) is 5.62. The molecule has 0 radical (unpaired) electrons. The van der Waals surface area contributed by atoms with Gasteiger partial charge in [0, 0.05) is 55.9 Å². The second-order valence-electron chi connectivity index (χ2n) is 7.60. The minimum absolute atomic E-state index is 0.0131. The van der Waals surface area contributed by atoms with Crippen molar-refractivity contribution in [3.63, 3.8) is 0 Å². The van der Waals surface area contributed by atoms with Crippen molar-refractivity contribution in [3.8, 4) is 0 Å². The third-order valence-electron chi connectivity index (χ3n) is 5.15. The van der Waals surface area contributed by atoms with Crippen LogP contribution in [0.3, 0.4) is 0 Å². The smallest absolute Gasteiger partial charge is 0.233 e. The lowest BCUT2D eigenvalue weighted by Gasteiger charge is -2.35. The van der Waals surface area contributed by atoms with Crippen LogP contribution in [0.15, 0.2) is 53.4 Å². The molecule has 160 valence electrons. The fourth-order valence-electron chi connectivity index (χ4n) is 3.42. The van der Waals surface area contributed by atoms with E-state index in [0.29, 0.717) is 6.54 Å². The summed E-state index contributed by atoms with van der Waals surface area (Å²) >= 11 is 1.51. The average molecular weight is 427 g/mol. The Balaban J connectivity index is 1.54. The van der Waals surface area contributed by atoms with E-state index < -0.39 is 0 Å². The topological polar surface area (TPSA) is 64.7 Å². The van der Waals surface area contributed by atoms with E-state index in [-0.39, 0.29) is 17.1 Å². The summed E-state index contributed by atoms with van der Waals surface area (Å²) in [5.41, 5.74) is 3.11. The number of rotatable bonds is 7. The van der Waals surface area contributed by atoms with Crippen LogP contribution in [-0.2, 0) is 16.1 Å². The van der Waals surface area contributed by atoms with Gasteiger partial charge in [0.05, 0.1) is 5.25 Å². The van der Waals surface area contributed by atoms with Crippen LogP contribution in [0.1, 0.15) is 19.4 Å². The number of hydrogen-bond acceptors (Lipinski definition) is 5. The van der Waals surface area contributed by atoms with Gasteiger partial charge in [-0.25, -0.2) is 0 Å². The highest BCUT2D eigenvalue weighted by Crippen LogP contribution is 2.26. The summed E-state index contributed by atoms with van der Waals surface area (Å²) in [6, 6.07) is 15.8. The monoisotopic (exact) mass is 426 g/mol. The number of amides is 2. The molecule has 30 heavy (non-hydrogen) atoms. The second-order valence-corrected chi connectivity index (χ2v) is 9.02. The lowest BCUT2D eigenvalue weighted by molar-refractivity contribution is -0.120. The van der Waals surface area contributed by atoms with Crippen molar-refractivity contribution in [2.45, 2.75) is 30.5 Å². The maximum absolute atomic E-state index is 12.7. The Morgan fingerprint density at radius 2 is 1.70 bits per heavy atom. The number of benzene rings is 2. The van der Waals surface area contributed by atoms with Gasteiger partial charge in [0.1, 0.15) is 0 Å². The van der Waals surface area contributed by atoms with Gasteiger partial charge in [-0.3, -0.25) is 9.59 Å². The van der Waals surface area contributed by atoms with E-state index in [1.807, 2.05) is 37.3 Å². The summed E-state index contributed by atoms with van der Waals surface area (Å²) < 4.78 is 0. The van der Waals surface area contributed by atoms with Gasteiger partial charge in [-0.1, -0.05) is 18.2 Å². The predicted molar refractivity (Wildman–Crippen MR) is 124 cm³/mol. The van der Waals surface area contributed by atoms with Crippen molar-refractivity contribution >= 4 is 35.0 Å². The summed E-state index contributed by atoms with van der Waals surface area (Å²) in [4.78, 5) is 29.5. The molecule has 1 unspecified atom stereocenters. The molecule has 2 aromatic rings. The molecule has 2 amide bonds. The summed E-state index contributed by atoms with van der Waals surface area (Å²) in [7, 11) is 2.15. The fraction of sp³-hybridized carbons (Fsp3) is 0.391. The van der Waals surface area contributed by atoms with Crippen LogP contribution in [0.25, 0.3) is 0 Å². The Kier molecular flexibility index (Phi) is 7.76. The Labute approximate surface area is 183 Å². The molecule has 1 atom stereocenters. The molecule has 1 aliphatic heterocycles. The molecule has 7 heteroatoms. The SMILES string of the molecule is CC(=O)Nc1ccc(SC(C)C(=O)NCc2ccccc2N2CCN(C)CC2)cc1. The first-order valence-corrected chi connectivity index (χ1v) is 11.1. The highest BCUT2D eigenvalue weighted by molar-refractivity contribution is 8.00. The first-order chi connectivity index (χ1) is 14.4. The zero-order chi connectivity index (χ0) is 21.5. The highest BCUT2D eigenvalue weighted by Gasteiger charge is 2.18. The van der Waals surface area contributed by atoms with Gasteiger partial charge < -0.3 is 20.4 Å². The van der Waals surface area contributed by atoms with E-state index in [4.69, 9.17) is 0 Å². The maximum atomic E-state index is 12.7. The van der Waals surface area contributed by atoms with Crippen molar-refractivity contribution in [1.29, 1.82) is 0 Å². The van der Waals surface area contributed by atoms with Gasteiger partial charge in [0.25, 0.3) is 0 Å². The van der Waals surface area contributed by atoms with Crippen LogP contribution >= 0.6 is 11.8 Å². The molecule has 0 bridgehead atoms. The molecule has 6 nitrogen and oxygen atoms in total. The molecular weight excluding hydrogens is 396 g/mol. The third kappa shape index (κ3) is 6.24. The maximum Gasteiger partial charge on any atom is 0.233 e. The number of carbonyl (C=O) groups excluding carboxylic acids is 2. The first-order valence-electron chi connectivity index (χ1n) is 10.3. The lowest BCUT2D eigenvalue weighted by Crippen LogP contribution is -2.45. The van der Waals surface area contributed by atoms with Crippen LogP contribution in [-0.4, -0.2) is 55.2 Å². The molecule has 2 aromatic carbocycles. The third-order valence-corrected chi connectivity index (χ3v) is 6.26. The Hall–Kier alpha value is -2.51. The van der Waals surface area contributed by atoms with E-state index in [0.717, 1.165) is 42.3 Å². The predicted octanol–water partition coefficient (Wildman–Crippen LogP) is 3.19. The zero-order valence-corrected chi connectivity index (χ0v) is 18.7. The van der Waals surface area contributed by atoms with Crippen molar-refractivity contribution in [3.05, 3.63) is 54.1 Å². The van der Waals surface area contributed by atoms with E-state index in [9.17, 15) is 9.59 Å². The molecule has 0 spiro atoms. The standard InChI is InChI=1S/C23H30N4O2S/c1-17(30-21-10-8-20(9-11-21)25-18(2)28)23(29)24-16-19-6-4-5-7-22(19)27-14-12-26(3)13-15-27/h4-11,17H,12-16H2,1-3H3,(H,24,29)(H,25,28). The van der Waals surface area contributed by atoms with Gasteiger partial charge in [0.15, 0.2) is 0 Å². The number of nitrogens with one attached hydrogen (secondary N) is 2. The quantitative estimate of drug-likeness (QED) is 0.666. The molecule has 1 aliphatic rings. The van der Waals surface area contributed by atoms with E-state index in [1.54, 1.807) is 0 Å². The van der Waals surface area contributed by atoms with Gasteiger partial charge in [-0.05, 0) is 49.9 Å². The Bertz CT molecular complexity index is 864. The molecular formula is C23H30N4O2S. The highest BCUT2D eigenvalue weighted by atomic mass is 32.2. The molecule has 3 rings (SSSR count). The zero-order valence-electron chi connectivity index (χ0n) is 17.9. The van der Waals surface area contributed by atoms with Crippen molar-refractivity contribution in [2.24, 2.45) is 0 Å². The van der Waals surface area contributed by atoms with Crippen molar-refractivity contribution in [1.82, 2.24) is 10.2 Å². The van der Waals surface area contributed by atoms with E-state index in [2.05, 4.69) is 45.7 Å². The van der Waals surface area contributed by atoms with Crippen molar-refractivity contribution < 1.29 is 9.59 Å². The minimum Gasteiger partial charge on any atom is -0.369 e. The van der Waals surface area contributed by atoms with E-state index >= 15 is 0 Å². The van der Waals surface area contributed by atoms with E-state index in [1.165, 1.54) is 24.4 Å². The molecule has 1 heterocycles. The van der Waals surface area contributed by atoms with Crippen LogP contribution in [0, 0.1) is 0 Å². The number of anilines is 2. The summed E-state index contributed by atoms with van der Waals surface area (Å²) in [6.45, 7) is 8.02.